The van der Waals surface area contributed by atoms with Crippen molar-refractivity contribution < 1.29 is 4.74 Å². The van der Waals surface area contributed by atoms with Crippen LogP contribution in [0.2, 0.25) is 0 Å². The number of ether oxygens (including phenoxy) is 1. The zero-order valence-electron chi connectivity index (χ0n) is 13.9. The second-order valence-corrected chi connectivity index (χ2v) is 7.41. The summed E-state index contributed by atoms with van der Waals surface area (Å²) in [4.78, 5) is 2.87. The molecule has 3 fully saturated rings. The molecule has 0 aromatic carbocycles. The second kappa shape index (κ2) is 7.43. The molecular weight excluding hydrogens is 260 g/mol. The molecule has 0 bridgehead atoms. The fraction of sp³-hybridized carbons (Fsp3) is 1.00. The lowest BCUT2D eigenvalue weighted by Gasteiger charge is -2.47. The van der Waals surface area contributed by atoms with Crippen LogP contribution < -0.4 is 5.32 Å². The third-order valence-corrected chi connectivity index (χ3v) is 6.21. The van der Waals surface area contributed by atoms with Crippen molar-refractivity contribution in [2.24, 2.45) is 5.92 Å². The molecule has 0 amide bonds. The molecule has 21 heavy (non-hydrogen) atoms. The van der Waals surface area contributed by atoms with Crippen LogP contribution in [-0.2, 0) is 4.74 Å². The molecule has 0 aromatic rings. The van der Waals surface area contributed by atoms with Crippen LogP contribution in [0.25, 0.3) is 0 Å². The molecule has 3 nitrogen and oxygen atoms in total. The standard InChI is InChI=1S/C18H34N2O/c1-2-19-17(15-16-7-13-21-14-8-16)18(9-3-4-10-18)20-11-5-6-12-20/h16-17,19H,2-15H2,1H3. The van der Waals surface area contributed by atoms with Crippen molar-refractivity contribution >= 4 is 0 Å². The highest BCUT2D eigenvalue weighted by molar-refractivity contribution is 5.05. The topological polar surface area (TPSA) is 24.5 Å². The molecule has 122 valence electrons. The summed E-state index contributed by atoms with van der Waals surface area (Å²) in [5, 5.41) is 3.91. The van der Waals surface area contributed by atoms with Gasteiger partial charge in [-0.2, -0.15) is 0 Å². The van der Waals surface area contributed by atoms with Crippen molar-refractivity contribution in [3.8, 4) is 0 Å². The summed E-state index contributed by atoms with van der Waals surface area (Å²) in [6.45, 7) is 8.05. The Hall–Kier alpha value is -0.120. The summed E-state index contributed by atoms with van der Waals surface area (Å²) in [6, 6.07) is 0.700. The molecule has 2 heterocycles. The van der Waals surface area contributed by atoms with Gasteiger partial charge in [-0.15, -0.1) is 0 Å². The Morgan fingerprint density at radius 1 is 1.10 bits per heavy atom. The van der Waals surface area contributed by atoms with Crippen molar-refractivity contribution in [1.82, 2.24) is 10.2 Å². The van der Waals surface area contributed by atoms with Gasteiger partial charge in [0.2, 0.25) is 0 Å². The summed E-state index contributed by atoms with van der Waals surface area (Å²) in [7, 11) is 0. The summed E-state index contributed by atoms with van der Waals surface area (Å²) in [6.07, 6.45) is 12.5. The molecule has 3 aliphatic rings. The van der Waals surface area contributed by atoms with E-state index in [1.54, 1.807) is 0 Å². The summed E-state index contributed by atoms with van der Waals surface area (Å²) in [5.41, 5.74) is 0.477. The lowest BCUT2D eigenvalue weighted by molar-refractivity contribution is 0.0330. The minimum absolute atomic E-state index is 0.477. The van der Waals surface area contributed by atoms with E-state index in [2.05, 4.69) is 17.1 Å². The number of rotatable bonds is 6. The third kappa shape index (κ3) is 3.46. The highest BCUT2D eigenvalue weighted by Gasteiger charge is 2.46. The molecule has 1 aliphatic carbocycles. The predicted molar refractivity (Wildman–Crippen MR) is 87.6 cm³/mol. The van der Waals surface area contributed by atoms with Gasteiger partial charge in [0.15, 0.2) is 0 Å². The number of hydrogen-bond acceptors (Lipinski definition) is 3. The van der Waals surface area contributed by atoms with E-state index in [0.29, 0.717) is 11.6 Å². The summed E-state index contributed by atoms with van der Waals surface area (Å²) in [5.74, 6) is 0.878. The zero-order chi connectivity index (χ0) is 14.5. The molecule has 1 saturated carbocycles. The van der Waals surface area contributed by atoms with Gasteiger partial charge in [-0.1, -0.05) is 19.8 Å². The van der Waals surface area contributed by atoms with Crippen molar-refractivity contribution in [1.29, 1.82) is 0 Å². The van der Waals surface area contributed by atoms with Gasteiger partial charge in [0.05, 0.1) is 0 Å². The Labute approximate surface area is 130 Å². The van der Waals surface area contributed by atoms with Gasteiger partial charge in [-0.3, -0.25) is 4.90 Å². The molecule has 2 saturated heterocycles. The van der Waals surface area contributed by atoms with E-state index in [4.69, 9.17) is 4.74 Å². The fourth-order valence-electron chi connectivity index (χ4n) is 5.09. The van der Waals surface area contributed by atoms with Gasteiger partial charge in [0.25, 0.3) is 0 Å². The second-order valence-electron chi connectivity index (χ2n) is 7.41. The predicted octanol–water partition coefficient (Wildman–Crippen LogP) is 3.19. The Kier molecular flexibility index (Phi) is 5.58. The molecule has 0 spiro atoms. The molecular formula is C18H34N2O. The van der Waals surface area contributed by atoms with E-state index in [0.717, 1.165) is 25.7 Å². The van der Waals surface area contributed by atoms with Gasteiger partial charge in [-0.05, 0) is 70.5 Å². The molecule has 3 heteroatoms. The van der Waals surface area contributed by atoms with Crippen LogP contribution in [0.15, 0.2) is 0 Å². The fourth-order valence-corrected chi connectivity index (χ4v) is 5.09. The lowest BCUT2D eigenvalue weighted by Crippen LogP contribution is -2.59. The molecule has 1 N–H and O–H groups in total. The normalized spacial score (nSPS) is 29.0. The number of hydrogen-bond donors (Lipinski definition) is 1. The van der Waals surface area contributed by atoms with Gasteiger partial charge >= 0.3 is 0 Å². The number of likely N-dealkylation sites (tertiary alicyclic amines) is 1. The average molecular weight is 294 g/mol. The van der Waals surface area contributed by atoms with E-state index in [1.165, 1.54) is 70.9 Å². The number of nitrogens with one attached hydrogen (secondary N) is 1. The summed E-state index contributed by atoms with van der Waals surface area (Å²) < 4.78 is 5.56. The molecule has 1 unspecified atom stereocenters. The van der Waals surface area contributed by atoms with Gasteiger partial charge in [0.1, 0.15) is 0 Å². The van der Waals surface area contributed by atoms with Crippen molar-refractivity contribution in [2.75, 3.05) is 32.8 Å². The van der Waals surface area contributed by atoms with Crippen LogP contribution in [-0.4, -0.2) is 49.3 Å². The Bertz CT molecular complexity index is 302. The highest BCUT2D eigenvalue weighted by atomic mass is 16.5. The van der Waals surface area contributed by atoms with Crippen LogP contribution in [0.1, 0.15) is 64.7 Å². The van der Waals surface area contributed by atoms with E-state index in [9.17, 15) is 0 Å². The largest absolute Gasteiger partial charge is 0.381 e. The maximum Gasteiger partial charge on any atom is 0.0468 e. The maximum atomic E-state index is 5.56. The Balaban J connectivity index is 1.72. The van der Waals surface area contributed by atoms with E-state index in [-0.39, 0.29) is 0 Å². The van der Waals surface area contributed by atoms with E-state index in [1.807, 2.05) is 0 Å². The minimum Gasteiger partial charge on any atom is -0.381 e. The SMILES string of the molecule is CCNC(CC1CCOCC1)C1(N2CCCC2)CCCC1. The first kappa shape index (κ1) is 15.8. The molecule has 0 radical (unpaired) electrons. The van der Waals surface area contributed by atoms with Crippen LogP contribution >= 0.6 is 0 Å². The maximum absolute atomic E-state index is 5.56. The first-order chi connectivity index (χ1) is 10.3. The van der Waals surface area contributed by atoms with E-state index >= 15 is 0 Å². The smallest absolute Gasteiger partial charge is 0.0468 e. The Morgan fingerprint density at radius 3 is 2.38 bits per heavy atom. The molecule has 0 aromatic heterocycles. The third-order valence-electron chi connectivity index (χ3n) is 6.21. The van der Waals surface area contributed by atoms with Crippen LogP contribution in [0.3, 0.4) is 0 Å². The monoisotopic (exact) mass is 294 g/mol. The first-order valence-electron chi connectivity index (χ1n) is 9.41. The minimum atomic E-state index is 0.477. The van der Waals surface area contributed by atoms with Crippen LogP contribution in [0.4, 0.5) is 0 Å². The summed E-state index contributed by atoms with van der Waals surface area (Å²) >= 11 is 0. The van der Waals surface area contributed by atoms with Gasteiger partial charge < -0.3 is 10.1 Å². The quantitative estimate of drug-likeness (QED) is 0.814. The molecule has 1 atom stereocenters. The number of likely N-dealkylation sites (N-methyl/N-ethyl adjacent to an activating group) is 1. The molecule has 3 rings (SSSR count). The van der Waals surface area contributed by atoms with E-state index < -0.39 is 0 Å². The van der Waals surface area contributed by atoms with Crippen molar-refractivity contribution in [2.45, 2.75) is 76.3 Å². The van der Waals surface area contributed by atoms with Gasteiger partial charge in [0, 0.05) is 24.8 Å². The first-order valence-corrected chi connectivity index (χ1v) is 9.41. The molecule has 2 aliphatic heterocycles. The number of nitrogens with zero attached hydrogens (tertiary/aromatic N) is 1. The average Bonchev–Trinajstić information content (AvgIpc) is 3.20. The van der Waals surface area contributed by atoms with Crippen LogP contribution in [0.5, 0.6) is 0 Å². The van der Waals surface area contributed by atoms with Crippen molar-refractivity contribution in [3.63, 3.8) is 0 Å². The van der Waals surface area contributed by atoms with Crippen molar-refractivity contribution in [3.05, 3.63) is 0 Å². The highest BCUT2D eigenvalue weighted by Crippen LogP contribution is 2.42. The van der Waals surface area contributed by atoms with Gasteiger partial charge in [-0.25, -0.2) is 0 Å². The Morgan fingerprint density at radius 2 is 1.76 bits per heavy atom. The van der Waals surface area contributed by atoms with Crippen LogP contribution in [0, 0.1) is 5.92 Å². The zero-order valence-corrected chi connectivity index (χ0v) is 13.9. The lowest BCUT2D eigenvalue weighted by atomic mass is 9.79.